The molecule has 0 amide bonds. The molecule has 108 heavy (non-hydrogen) atoms. The Balaban J connectivity index is 0.000000138. The lowest BCUT2D eigenvalue weighted by molar-refractivity contribution is 1.33. The smallest absolute Gasteiger partial charge is 0.0794 e. The molecule has 18 aromatic carbocycles. The van der Waals surface area contributed by atoms with Gasteiger partial charge in [-0.15, -0.1) is 0 Å². The van der Waals surface area contributed by atoms with Crippen molar-refractivity contribution in [1.82, 2.24) is 19.9 Å². The minimum atomic E-state index is 0.967. The van der Waals surface area contributed by atoms with Gasteiger partial charge in [-0.25, -0.2) is 9.97 Å². The molecule has 500 valence electrons. The molecule has 22 aromatic rings. The first-order valence-electron chi connectivity index (χ1n) is 37.0. The van der Waals surface area contributed by atoms with Crippen LogP contribution in [0.3, 0.4) is 0 Å². The van der Waals surface area contributed by atoms with E-state index in [1.165, 1.54) is 136 Å². The number of nitrogens with zero attached hydrogens (tertiary/aromatic N) is 4. The quantitative estimate of drug-likeness (QED) is 0.142. The molecule has 0 aliphatic heterocycles. The molecule has 0 aliphatic rings. The Morgan fingerprint density at radius 3 is 0.833 bits per heavy atom. The minimum Gasteiger partial charge on any atom is -0.264 e. The van der Waals surface area contributed by atoms with Crippen LogP contribution in [0.4, 0.5) is 0 Å². The molecule has 0 unspecified atom stereocenters. The Morgan fingerprint density at radius 1 is 0.157 bits per heavy atom. The lowest BCUT2D eigenvalue weighted by atomic mass is 9.87. The number of fused-ring (bicyclic) bond motifs is 18. The van der Waals surface area contributed by atoms with E-state index in [1.54, 1.807) is 0 Å². The van der Waals surface area contributed by atoms with Gasteiger partial charge in [0.25, 0.3) is 0 Å². The monoisotopic (exact) mass is 1370 g/mol. The summed E-state index contributed by atoms with van der Waals surface area (Å²) in [6.07, 6.45) is 5.58. The molecule has 0 saturated heterocycles. The fourth-order valence-corrected chi connectivity index (χ4v) is 17.1. The van der Waals surface area contributed by atoms with Gasteiger partial charge in [-0.05, 0) is 219 Å². The Hall–Kier alpha value is -14.3. The molecule has 0 N–H and O–H groups in total. The summed E-state index contributed by atoms with van der Waals surface area (Å²) in [5, 5.41) is 26.6. The minimum absolute atomic E-state index is 0.967. The maximum atomic E-state index is 5.64. The van der Waals surface area contributed by atoms with Crippen molar-refractivity contribution in [2.45, 2.75) is 0 Å². The van der Waals surface area contributed by atoms with Gasteiger partial charge in [-0.2, -0.15) is 0 Å². The van der Waals surface area contributed by atoms with Gasteiger partial charge in [0.2, 0.25) is 0 Å². The zero-order valence-corrected chi connectivity index (χ0v) is 58.7. The van der Waals surface area contributed by atoms with Crippen molar-refractivity contribution in [3.8, 4) is 89.4 Å². The molecule has 0 fully saturated rings. The fourth-order valence-electron chi connectivity index (χ4n) is 17.1. The number of pyridine rings is 4. The summed E-state index contributed by atoms with van der Waals surface area (Å²) in [7, 11) is 0. The van der Waals surface area contributed by atoms with Gasteiger partial charge in [-0.3, -0.25) is 9.97 Å². The van der Waals surface area contributed by atoms with Crippen molar-refractivity contribution in [2.24, 2.45) is 0 Å². The lowest BCUT2D eigenvalue weighted by Gasteiger charge is -2.18. The van der Waals surface area contributed by atoms with E-state index in [-0.39, 0.29) is 0 Å². The van der Waals surface area contributed by atoms with Crippen molar-refractivity contribution >= 4 is 130 Å². The second kappa shape index (κ2) is 25.8. The SMILES string of the molecule is c1ccc(-c2ccc(-c3cc4c(-c5cc6ccccc6c6ccccc56)cc(-c5cc6ccccc6c6ccccc56)nc4c4ccccc34)cc2)nc1.c1cncc(-c2ccc(-c3cc4c(-c5cc6ccccc6c6ccccc56)cc(-c5cc6ccccc6c6ccccc56)nc4c4ccccc34)cc2)c1. The second-order valence-electron chi connectivity index (χ2n) is 28.2. The van der Waals surface area contributed by atoms with Crippen LogP contribution in [0.1, 0.15) is 0 Å². The molecular weight excluding hydrogens is 1310 g/mol. The summed E-state index contributed by atoms with van der Waals surface area (Å²) in [5.41, 5.74) is 20.0. The molecule has 0 saturated carbocycles. The number of hydrogen-bond acceptors (Lipinski definition) is 4. The van der Waals surface area contributed by atoms with Gasteiger partial charge in [0.1, 0.15) is 0 Å². The molecule has 4 heteroatoms. The Bertz CT molecular complexity index is 6950. The maximum absolute atomic E-state index is 5.64. The molecule has 0 radical (unpaired) electrons. The average molecular weight is 1370 g/mol. The van der Waals surface area contributed by atoms with Crippen LogP contribution >= 0.6 is 0 Å². The van der Waals surface area contributed by atoms with Crippen LogP contribution in [0.15, 0.2) is 389 Å². The third kappa shape index (κ3) is 10.5. The Kier molecular flexibility index (Phi) is 14.9. The summed E-state index contributed by atoms with van der Waals surface area (Å²) in [5.74, 6) is 0. The third-order valence-electron chi connectivity index (χ3n) is 22.2. The first-order valence-corrected chi connectivity index (χ1v) is 37.0. The van der Waals surface area contributed by atoms with Crippen LogP contribution in [0.5, 0.6) is 0 Å². The van der Waals surface area contributed by atoms with E-state index in [2.05, 4.69) is 362 Å². The zero-order chi connectivity index (χ0) is 71.2. The Labute approximate surface area is 623 Å². The van der Waals surface area contributed by atoms with E-state index in [0.29, 0.717) is 0 Å². The number of hydrogen-bond donors (Lipinski definition) is 0. The summed E-state index contributed by atoms with van der Waals surface area (Å²) in [4.78, 5) is 20.2. The highest BCUT2D eigenvalue weighted by Crippen LogP contribution is 2.48. The predicted octanol–water partition coefficient (Wildman–Crippen LogP) is 28.1. The van der Waals surface area contributed by atoms with Gasteiger partial charge in [0.05, 0.1) is 28.1 Å². The Morgan fingerprint density at radius 2 is 0.463 bits per heavy atom. The fraction of sp³-hybridized carbons (Fsp3) is 0. The number of aromatic nitrogens is 4. The highest BCUT2D eigenvalue weighted by Gasteiger charge is 2.23. The van der Waals surface area contributed by atoms with Crippen LogP contribution in [0.2, 0.25) is 0 Å². The summed E-state index contributed by atoms with van der Waals surface area (Å²) in [6.45, 7) is 0. The maximum Gasteiger partial charge on any atom is 0.0794 e. The highest BCUT2D eigenvalue weighted by molar-refractivity contribution is 6.25. The second-order valence-corrected chi connectivity index (χ2v) is 28.2. The molecule has 4 nitrogen and oxygen atoms in total. The third-order valence-corrected chi connectivity index (χ3v) is 22.2. The van der Waals surface area contributed by atoms with Crippen molar-refractivity contribution in [3.05, 3.63) is 389 Å². The summed E-state index contributed by atoms with van der Waals surface area (Å²) < 4.78 is 0. The summed E-state index contributed by atoms with van der Waals surface area (Å²) >= 11 is 0. The van der Waals surface area contributed by atoms with Gasteiger partial charge < -0.3 is 0 Å². The van der Waals surface area contributed by atoms with E-state index in [0.717, 1.165) is 83.0 Å². The van der Waals surface area contributed by atoms with E-state index in [1.807, 2.05) is 36.8 Å². The molecule has 0 bridgehead atoms. The first kappa shape index (κ1) is 62.3. The molecule has 4 heterocycles. The van der Waals surface area contributed by atoms with Crippen LogP contribution in [-0.4, -0.2) is 19.9 Å². The lowest BCUT2D eigenvalue weighted by Crippen LogP contribution is -1.95. The van der Waals surface area contributed by atoms with Gasteiger partial charge in [0.15, 0.2) is 0 Å². The van der Waals surface area contributed by atoms with E-state index >= 15 is 0 Å². The van der Waals surface area contributed by atoms with Crippen molar-refractivity contribution in [1.29, 1.82) is 0 Å². The van der Waals surface area contributed by atoms with E-state index in [9.17, 15) is 0 Å². The van der Waals surface area contributed by atoms with Crippen molar-refractivity contribution in [2.75, 3.05) is 0 Å². The molecule has 22 rings (SSSR count). The van der Waals surface area contributed by atoms with Crippen LogP contribution in [0.25, 0.3) is 219 Å². The molecule has 0 spiro atoms. The van der Waals surface area contributed by atoms with Gasteiger partial charge in [0, 0.05) is 56.8 Å². The first-order chi connectivity index (χ1) is 53.6. The van der Waals surface area contributed by atoms with E-state index < -0.39 is 0 Å². The summed E-state index contributed by atoms with van der Waals surface area (Å²) in [6, 6.07) is 134. The standard InChI is InChI=1S/2C52H32N2/c1-3-15-37-35(13-1)29-46(41-19-7-5-17-39(37)41)47-32-51(48-30-36-14-2-4-16-38(36)40-18-6-8-20-42(40)48)54-52-44-22-10-9-21-43(44)45(31-49(47)52)33-24-26-34(27-25-33)50-23-11-12-28-53-50;1-3-15-38-35(12-1)28-47(42-19-7-5-17-40(38)42)48-31-51(49-29-36-13-2-4-16-39(36)41-18-6-8-20-43(41)49)54-52-45-22-10-9-21-44(45)46(30-50(48)52)34-25-23-33(24-26-34)37-14-11-27-53-32-37/h2*1-32H. The number of benzene rings is 18. The number of rotatable bonds is 8. The van der Waals surface area contributed by atoms with Gasteiger partial charge in [-0.1, -0.05) is 303 Å². The predicted molar refractivity (Wildman–Crippen MR) is 458 cm³/mol. The molecular formula is C104H64N4. The molecule has 4 aromatic heterocycles. The van der Waals surface area contributed by atoms with Crippen LogP contribution in [0, 0.1) is 0 Å². The van der Waals surface area contributed by atoms with Gasteiger partial charge >= 0.3 is 0 Å². The zero-order valence-electron chi connectivity index (χ0n) is 58.7. The van der Waals surface area contributed by atoms with E-state index in [4.69, 9.17) is 9.97 Å². The largest absolute Gasteiger partial charge is 0.264 e. The normalized spacial score (nSPS) is 11.7. The van der Waals surface area contributed by atoms with Crippen LogP contribution < -0.4 is 0 Å². The average Bonchev–Trinajstić information content (AvgIpc) is 0.727. The van der Waals surface area contributed by atoms with Crippen molar-refractivity contribution in [3.63, 3.8) is 0 Å². The van der Waals surface area contributed by atoms with Crippen molar-refractivity contribution < 1.29 is 0 Å². The van der Waals surface area contributed by atoms with Crippen LogP contribution in [-0.2, 0) is 0 Å². The highest BCUT2D eigenvalue weighted by atomic mass is 14.7. The molecule has 0 atom stereocenters. The molecule has 0 aliphatic carbocycles. The topological polar surface area (TPSA) is 51.6 Å².